The molecule has 1 unspecified atom stereocenters. The Balaban J connectivity index is 2.14. The summed E-state index contributed by atoms with van der Waals surface area (Å²) >= 11 is 0. The number of carbonyl (C=O) groups excluding carboxylic acids is 2. The molecule has 0 spiro atoms. The van der Waals surface area contributed by atoms with E-state index in [0.29, 0.717) is 26.2 Å². The molecule has 0 saturated carbocycles. The smallest absolute Gasteiger partial charge is 0.322 e. The average Bonchev–Trinajstić information content (AvgIpc) is 2.65. The monoisotopic (exact) mass is 229 g/mol. The lowest BCUT2D eigenvalue weighted by molar-refractivity contribution is -0.145. The van der Waals surface area contributed by atoms with Gasteiger partial charge in [0.05, 0.1) is 6.61 Å². The van der Waals surface area contributed by atoms with Crippen LogP contribution in [-0.2, 0) is 9.53 Å². The summed E-state index contributed by atoms with van der Waals surface area (Å²) in [6.07, 6.45) is 0. The third kappa shape index (κ3) is 3.69. The van der Waals surface area contributed by atoms with Gasteiger partial charge < -0.3 is 20.3 Å². The van der Waals surface area contributed by atoms with Crippen molar-refractivity contribution in [3.63, 3.8) is 0 Å². The molecule has 6 heteroatoms. The molecule has 2 N–H and O–H groups in total. The molecule has 0 aromatic heterocycles. The normalized spacial score (nSPS) is 17.1. The zero-order chi connectivity index (χ0) is 12.0. The van der Waals surface area contributed by atoms with E-state index in [9.17, 15) is 9.59 Å². The summed E-state index contributed by atoms with van der Waals surface area (Å²) in [6, 6.07) is -0.365. The lowest BCUT2D eigenvalue weighted by Gasteiger charge is -2.16. The number of rotatable bonds is 6. The van der Waals surface area contributed by atoms with Crippen LogP contribution in [0, 0.1) is 0 Å². The lowest BCUT2D eigenvalue weighted by atomic mass is 10.3. The largest absolute Gasteiger partial charge is 0.465 e. The van der Waals surface area contributed by atoms with Crippen molar-refractivity contribution in [2.24, 2.45) is 0 Å². The molecule has 2 amide bonds. The van der Waals surface area contributed by atoms with Crippen LogP contribution >= 0.6 is 0 Å². The van der Waals surface area contributed by atoms with Crippen molar-refractivity contribution in [2.45, 2.75) is 19.9 Å². The lowest BCUT2D eigenvalue weighted by Crippen LogP contribution is -2.41. The predicted molar refractivity (Wildman–Crippen MR) is 59.1 cm³/mol. The molecule has 92 valence electrons. The van der Waals surface area contributed by atoms with Crippen LogP contribution in [0.2, 0.25) is 0 Å². The molecule has 1 aliphatic heterocycles. The van der Waals surface area contributed by atoms with Gasteiger partial charge in [-0.3, -0.25) is 4.79 Å². The molecule has 1 rings (SSSR count). The molecule has 16 heavy (non-hydrogen) atoms. The maximum atomic E-state index is 11.3. The molecule has 1 saturated heterocycles. The summed E-state index contributed by atoms with van der Waals surface area (Å²) in [5.41, 5.74) is 0. The highest BCUT2D eigenvalue weighted by Crippen LogP contribution is 1.95. The van der Waals surface area contributed by atoms with E-state index in [-0.39, 0.29) is 18.0 Å². The van der Waals surface area contributed by atoms with Crippen molar-refractivity contribution in [1.82, 2.24) is 15.5 Å². The zero-order valence-electron chi connectivity index (χ0n) is 9.78. The Labute approximate surface area is 95.3 Å². The minimum absolute atomic E-state index is 0.0365. The Morgan fingerprint density at radius 1 is 1.69 bits per heavy atom. The Bertz CT molecular complexity index is 258. The molecule has 0 bridgehead atoms. The maximum Gasteiger partial charge on any atom is 0.322 e. The van der Waals surface area contributed by atoms with Gasteiger partial charge in [-0.2, -0.15) is 0 Å². The molecule has 0 aromatic carbocycles. The summed E-state index contributed by atoms with van der Waals surface area (Å²) in [4.78, 5) is 24.2. The van der Waals surface area contributed by atoms with Crippen LogP contribution in [-0.4, -0.2) is 55.7 Å². The molecular weight excluding hydrogens is 210 g/mol. The van der Waals surface area contributed by atoms with E-state index in [1.54, 1.807) is 18.7 Å². The van der Waals surface area contributed by atoms with E-state index < -0.39 is 0 Å². The first kappa shape index (κ1) is 12.8. The number of nitrogens with zero attached hydrogens (tertiary/aromatic N) is 1. The fraction of sp³-hybridized carbons (Fsp3) is 0.800. The van der Waals surface area contributed by atoms with Gasteiger partial charge in [-0.25, -0.2) is 4.79 Å². The minimum atomic E-state index is -0.328. The van der Waals surface area contributed by atoms with Gasteiger partial charge in [0.2, 0.25) is 0 Å². The van der Waals surface area contributed by atoms with Crippen LogP contribution in [0.1, 0.15) is 13.8 Å². The Kier molecular flexibility index (Phi) is 5.04. The van der Waals surface area contributed by atoms with Gasteiger partial charge in [-0.1, -0.05) is 0 Å². The number of hydrogen-bond donors (Lipinski definition) is 2. The van der Waals surface area contributed by atoms with Crippen LogP contribution in [0.25, 0.3) is 0 Å². The van der Waals surface area contributed by atoms with Gasteiger partial charge in [0.25, 0.3) is 0 Å². The van der Waals surface area contributed by atoms with Crippen LogP contribution in [0.5, 0.6) is 0 Å². The van der Waals surface area contributed by atoms with Gasteiger partial charge in [0.1, 0.15) is 6.04 Å². The first-order valence-corrected chi connectivity index (χ1v) is 5.58. The molecule has 0 aromatic rings. The summed E-state index contributed by atoms with van der Waals surface area (Å²) in [6.45, 7) is 6.55. The first-order valence-electron chi connectivity index (χ1n) is 5.58. The minimum Gasteiger partial charge on any atom is -0.465 e. The number of hydrogen-bond acceptors (Lipinski definition) is 4. The number of carbonyl (C=O) groups is 2. The Hall–Kier alpha value is -1.30. The maximum absolute atomic E-state index is 11.3. The summed E-state index contributed by atoms with van der Waals surface area (Å²) in [7, 11) is 0. The van der Waals surface area contributed by atoms with Crippen LogP contribution < -0.4 is 10.6 Å². The van der Waals surface area contributed by atoms with Crippen molar-refractivity contribution in [3.05, 3.63) is 0 Å². The third-order valence-electron chi connectivity index (χ3n) is 2.42. The zero-order valence-corrected chi connectivity index (χ0v) is 9.78. The van der Waals surface area contributed by atoms with Crippen molar-refractivity contribution >= 4 is 12.0 Å². The standard InChI is InChI=1S/C10H19N3O3/c1-3-16-9(14)8(2)11-4-6-13-7-5-12-10(13)15/h8,11H,3-7H2,1-2H3,(H,12,15). The van der Waals surface area contributed by atoms with Crippen molar-refractivity contribution in [3.8, 4) is 0 Å². The van der Waals surface area contributed by atoms with E-state index in [4.69, 9.17) is 4.74 Å². The summed E-state index contributed by atoms with van der Waals surface area (Å²) in [5.74, 6) is -0.256. The predicted octanol–water partition coefficient (Wildman–Crippen LogP) is -0.447. The van der Waals surface area contributed by atoms with Crippen LogP contribution in [0.4, 0.5) is 4.79 Å². The van der Waals surface area contributed by atoms with Crippen LogP contribution in [0.3, 0.4) is 0 Å². The van der Waals surface area contributed by atoms with Crippen molar-refractivity contribution < 1.29 is 14.3 Å². The second-order valence-electron chi connectivity index (χ2n) is 3.65. The first-order chi connectivity index (χ1) is 7.65. The number of ether oxygens (including phenoxy) is 1. The molecule has 1 atom stereocenters. The fourth-order valence-corrected chi connectivity index (χ4v) is 1.49. The van der Waals surface area contributed by atoms with E-state index in [1.165, 1.54) is 0 Å². The van der Waals surface area contributed by atoms with Crippen molar-refractivity contribution in [2.75, 3.05) is 32.8 Å². The number of nitrogens with one attached hydrogen (secondary N) is 2. The molecular formula is C10H19N3O3. The number of amides is 2. The SMILES string of the molecule is CCOC(=O)C(C)NCCN1CCNC1=O. The number of urea groups is 1. The second-order valence-corrected chi connectivity index (χ2v) is 3.65. The highest BCUT2D eigenvalue weighted by molar-refractivity contribution is 5.76. The average molecular weight is 229 g/mol. The molecule has 0 radical (unpaired) electrons. The van der Waals surface area contributed by atoms with Gasteiger partial charge >= 0.3 is 12.0 Å². The molecule has 6 nitrogen and oxygen atoms in total. The highest BCUT2D eigenvalue weighted by Gasteiger charge is 2.19. The van der Waals surface area contributed by atoms with Crippen molar-refractivity contribution in [1.29, 1.82) is 0 Å². The summed E-state index contributed by atoms with van der Waals surface area (Å²) < 4.78 is 4.85. The Morgan fingerprint density at radius 3 is 3.00 bits per heavy atom. The van der Waals surface area contributed by atoms with E-state index in [0.717, 1.165) is 6.54 Å². The van der Waals surface area contributed by atoms with E-state index >= 15 is 0 Å². The molecule has 1 fully saturated rings. The van der Waals surface area contributed by atoms with Gasteiger partial charge in [-0.05, 0) is 13.8 Å². The van der Waals surface area contributed by atoms with Gasteiger partial charge in [-0.15, -0.1) is 0 Å². The fourth-order valence-electron chi connectivity index (χ4n) is 1.49. The number of esters is 1. The van der Waals surface area contributed by atoms with Gasteiger partial charge in [0.15, 0.2) is 0 Å². The van der Waals surface area contributed by atoms with E-state index in [1.807, 2.05) is 0 Å². The van der Waals surface area contributed by atoms with Crippen LogP contribution in [0.15, 0.2) is 0 Å². The van der Waals surface area contributed by atoms with E-state index in [2.05, 4.69) is 10.6 Å². The van der Waals surface area contributed by atoms with Gasteiger partial charge in [0, 0.05) is 26.2 Å². The molecule has 0 aliphatic carbocycles. The topological polar surface area (TPSA) is 70.7 Å². The molecule has 1 aliphatic rings. The Morgan fingerprint density at radius 2 is 2.44 bits per heavy atom. The summed E-state index contributed by atoms with van der Waals surface area (Å²) in [5, 5.41) is 5.74. The second kappa shape index (κ2) is 6.32. The third-order valence-corrected chi connectivity index (χ3v) is 2.42. The highest BCUT2D eigenvalue weighted by atomic mass is 16.5. The molecule has 1 heterocycles. The quantitative estimate of drug-likeness (QED) is 0.605.